The van der Waals surface area contributed by atoms with E-state index in [0.717, 1.165) is 35.4 Å². The second kappa shape index (κ2) is 8.50. The molecule has 0 bridgehead atoms. The van der Waals surface area contributed by atoms with E-state index in [0.29, 0.717) is 31.6 Å². The van der Waals surface area contributed by atoms with Crippen LogP contribution in [0.25, 0.3) is 16.0 Å². The Balaban J connectivity index is 1.35. The number of benzene rings is 1. The van der Waals surface area contributed by atoms with E-state index in [4.69, 9.17) is 0 Å². The Morgan fingerprint density at radius 1 is 1.19 bits per heavy atom. The highest BCUT2D eigenvalue weighted by Gasteiger charge is 2.22. The van der Waals surface area contributed by atoms with Gasteiger partial charge in [-0.2, -0.15) is 0 Å². The van der Waals surface area contributed by atoms with Crippen molar-refractivity contribution in [2.45, 2.75) is 58.5 Å². The molecule has 4 heterocycles. The maximum Gasteiger partial charge on any atom is 0.273 e. The van der Waals surface area contributed by atoms with Crippen LogP contribution in [-0.4, -0.2) is 36.5 Å². The molecule has 0 saturated heterocycles. The Morgan fingerprint density at radius 2 is 2.00 bits per heavy atom. The SMILES string of the molecule is CCC(C)n1c(=O)c2sccc2n2c(CCCC(=O)N3CCc4ccccc4C3)nnc12. The topological polar surface area (TPSA) is 72.5 Å². The minimum absolute atomic E-state index is 0.00337. The summed E-state index contributed by atoms with van der Waals surface area (Å²) in [4.78, 5) is 27.8. The number of aromatic nitrogens is 4. The molecular weight excluding hydrogens is 422 g/mol. The summed E-state index contributed by atoms with van der Waals surface area (Å²) in [6.45, 7) is 5.57. The van der Waals surface area contributed by atoms with Crippen LogP contribution in [0.5, 0.6) is 0 Å². The Kier molecular flexibility index (Phi) is 5.55. The highest BCUT2D eigenvalue weighted by molar-refractivity contribution is 7.17. The molecule has 32 heavy (non-hydrogen) atoms. The van der Waals surface area contributed by atoms with Crippen LogP contribution in [0, 0.1) is 0 Å². The van der Waals surface area contributed by atoms with Crippen LogP contribution in [0.4, 0.5) is 0 Å². The van der Waals surface area contributed by atoms with Crippen molar-refractivity contribution in [2.75, 3.05) is 6.54 Å². The van der Waals surface area contributed by atoms with Gasteiger partial charge in [0, 0.05) is 32.0 Å². The number of hydrogen-bond acceptors (Lipinski definition) is 5. The van der Waals surface area contributed by atoms with Crippen molar-refractivity contribution in [3.63, 3.8) is 0 Å². The minimum Gasteiger partial charge on any atom is -0.338 e. The predicted molar refractivity (Wildman–Crippen MR) is 126 cm³/mol. The van der Waals surface area contributed by atoms with Crippen LogP contribution in [-0.2, 0) is 24.2 Å². The van der Waals surface area contributed by atoms with Gasteiger partial charge in [0.2, 0.25) is 11.7 Å². The lowest BCUT2D eigenvalue weighted by Crippen LogP contribution is -2.35. The number of thiophene rings is 1. The third kappa shape index (κ3) is 3.52. The summed E-state index contributed by atoms with van der Waals surface area (Å²) in [6.07, 6.45) is 3.57. The molecule has 3 aromatic heterocycles. The van der Waals surface area contributed by atoms with Crippen LogP contribution < -0.4 is 5.56 Å². The average molecular weight is 450 g/mol. The van der Waals surface area contributed by atoms with Gasteiger partial charge in [0.15, 0.2) is 0 Å². The molecule has 0 saturated carbocycles. The van der Waals surface area contributed by atoms with Crippen LogP contribution in [0.15, 0.2) is 40.5 Å². The lowest BCUT2D eigenvalue weighted by atomic mass is 9.99. The lowest BCUT2D eigenvalue weighted by molar-refractivity contribution is -0.132. The van der Waals surface area contributed by atoms with E-state index in [2.05, 4.69) is 35.3 Å². The van der Waals surface area contributed by atoms with Gasteiger partial charge in [-0.05, 0) is 48.8 Å². The van der Waals surface area contributed by atoms with E-state index in [1.165, 1.54) is 22.5 Å². The molecule has 0 N–H and O–H groups in total. The molecule has 0 aliphatic carbocycles. The largest absolute Gasteiger partial charge is 0.338 e. The van der Waals surface area contributed by atoms with Crippen molar-refractivity contribution in [3.05, 3.63) is 63.0 Å². The summed E-state index contributed by atoms with van der Waals surface area (Å²) < 4.78 is 4.48. The number of rotatable bonds is 6. The fraction of sp³-hybridized carbons (Fsp3) is 0.417. The quantitative estimate of drug-likeness (QED) is 0.446. The van der Waals surface area contributed by atoms with E-state index < -0.39 is 0 Å². The summed E-state index contributed by atoms with van der Waals surface area (Å²) in [6, 6.07) is 10.4. The zero-order chi connectivity index (χ0) is 22.2. The van der Waals surface area contributed by atoms with Crippen molar-refractivity contribution in [3.8, 4) is 0 Å². The van der Waals surface area contributed by atoms with Gasteiger partial charge in [-0.3, -0.25) is 18.6 Å². The first-order valence-electron chi connectivity index (χ1n) is 11.3. The number of nitrogens with zero attached hydrogens (tertiary/aromatic N) is 5. The highest BCUT2D eigenvalue weighted by atomic mass is 32.1. The van der Waals surface area contributed by atoms with Gasteiger partial charge in [0.05, 0.1) is 5.52 Å². The highest BCUT2D eigenvalue weighted by Crippen LogP contribution is 2.23. The van der Waals surface area contributed by atoms with Gasteiger partial charge >= 0.3 is 0 Å². The van der Waals surface area contributed by atoms with Crippen LogP contribution in [0.3, 0.4) is 0 Å². The number of carbonyl (C=O) groups excluding carboxylic acids is 1. The Hall–Kier alpha value is -3.00. The number of fused-ring (bicyclic) bond motifs is 4. The molecule has 4 aromatic rings. The number of amides is 1. The fourth-order valence-electron chi connectivity index (χ4n) is 4.55. The zero-order valence-electron chi connectivity index (χ0n) is 18.5. The maximum absolute atomic E-state index is 13.0. The predicted octanol–water partition coefficient (Wildman–Crippen LogP) is 3.98. The summed E-state index contributed by atoms with van der Waals surface area (Å²) in [5, 5.41) is 10.7. The van der Waals surface area contributed by atoms with Crippen molar-refractivity contribution in [1.82, 2.24) is 24.1 Å². The van der Waals surface area contributed by atoms with Crippen LogP contribution >= 0.6 is 11.3 Å². The molecule has 5 rings (SSSR count). The monoisotopic (exact) mass is 449 g/mol. The molecular formula is C24H27N5O2S. The van der Waals surface area contributed by atoms with E-state index in [9.17, 15) is 9.59 Å². The second-order valence-electron chi connectivity index (χ2n) is 8.51. The van der Waals surface area contributed by atoms with Gasteiger partial charge in [-0.1, -0.05) is 31.2 Å². The molecule has 0 spiro atoms. The molecule has 0 radical (unpaired) electrons. The van der Waals surface area contributed by atoms with E-state index in [-0.39, 0.29) is 17.5 Å². The third-order valence-electron chi connectivity index (χ3n) is 6.53. The number of aryl methyl sites for hydroxylation is 1. The molecule has 166 valence electrons. The van der Waals surface area contributed by atoms with Gasteiger partial charge in [-0.25, -0.2) is 0 Å². The third-order valence-corrected chi connectivity index (χ3v) is 7.42. The van der Waals surface area contributed by atoms with Gasteiger partial charge in [0.1, 0.15) is 10.5 Å². The second-order valence-corrected chi connectivity index (χ2v) is 9.42. The van der Waals surface area contributed by atoms with E-state index in [1.54, 1.807) is 4.57 Å². The van der Waals surface area contributed by atoms with Crippen molar-refractivity contribution >= 4 is 33.2 Å². The summed E-state index contributed by atoms with van der Waals surface area (Å²) in [7, 11) is 0. The number of carbonyl (C=O) groups is 1. The normalized spacial score (nSPS) is 14.8. The van der Waals surface area contributed by atoms with Gasteiger partial charge in [-0.15, -0.1) is 21.5 Å². The summed E-state index contributed by atoms with van der Waals surface area (Å²) >= 11 is 1.45. The molecule has 1 unspecified atom stereocenters. The van der Waals surface area contributed by atoms with Crippen LogP contribution in [0.1, 0.15) is 56.1 Å². The van der Waals surface area contributed by atoms with Crippen molar-refractivity contribution in [1.29, 1.82) is 0 Å². The molecule has 1 atom stereocenters. The first-order chi connectivity index (χ1) is 15.6. The Labute approximate surface area is 190 Å². The van der Waals surface area contributed by atoms with E-state index >= 15 is 0 Å². The van der Waals surface area contributed by atoms with Crippen LogP contribution in [0.2, 0.25) is 0 Å². The molecule has 7 nitrogen and oxygen atoms in total. The zero-order valence-corrected chi connectivity index (χ0v) is 19.3. The maximum atomic E-state index is 13.0. The van der Waals surface area contributed by atoms with E-state index in [1.807, 2.05) is 33.7 Å². The summed E-state index contributed by atoms with van der Waals surface area (Å²) in [5.74, 6) is 1.58. The molecule has 1 aromatic carbocycles. The first kappa shape index (κ1) is 20.9. The number of hydrogen-bond donors (Lipinski definition) is 0. The molecule has 0 fully saturated rings. The molecule has 1 aliphatic rings. The van der Waals surface area contributed by atoms with Crippen molar-refractivity contribution < 1.29 is 4.79 Å². The van der Waals surface area contributed by atoms with Gasteiger partial charge < -0.3 is 4.90 Å². The minimum atomic E-state index is -0.00337. The molecule has 1 amide bonds. The van der Waals surface area contributed by atoms with Gasteiger partial charge in [0.25, 0.3) is 5.56 Å². The average Bonchev–Trinajstić information content (AvgIpc) is 3.46. The first-order valence-corrected chi connectivity index (χ1v) is 12.2. The fourth-order valence-corrected chi connectivity index (χ4v) is 5.37. The lowest BCUT2D eigenvalue weighted by Gasteiger charge is -2.29. The molecule has 8 heteroatoms. The Morgan fingerprint density at radius 3 is 2.81 bits per heavy atom. The van der Waals surface area contributed by atoms with Crippen molar-refractivity contribution in [2.24, 2.45) is 0 Å². The summed E-state index contributed by atoms with van der Waals surface area (Å²) in [5.41, 5.74) is 3.45. The Bertz CT molecular complexity index is 1350. The smallest absolute Gasteiger partial charge is 0.273 e. The molecule has 1 aliphatic heterocycles. The standard InChI is InChI=1S/C24H27N5O2S/c1-3-16(2)28-23(31)22-19(12-14-32-22)29-20(25-26-24(28)29)9-6-10-21(30)27-13-11-17-7-4-5-8-18(17)15-27/h4-5,7-8,12,14,16H,3,6,9-11,13,15H2,1-2H3.